The molecule has 0 N–H and O–H groups in total. The molecule has 4 bridgehead atoms. The Morgan fingerprint density at radius 2 is 0.308 bits per heavy atom. The molecular weight excluding hydrogens is 1020 g/mol. The van der Waals surface area contributed by atoms with Crippen LogP contribution in [0, 0.1) is 0 Å². The smallest absolute Gasteiger partial charge is 0.262 e. The summed E-state index contributed by atoms with van der Waals surface area (Å²) >= 11 is 0. The van der Waals surface area contributed by atoms with Crippen molar-refractivity contribution in [2.75, 3.05) is 0 Å². The molecular formula is C54H32N8O16. The van der Waals surface area contributed by atoms with E-state index >= 15 is 38.4 Å². The zero-order valence-electron chi connectivity index (χ0n) is 41.0. The van der Waals surface area contributed by atoms with Gasteiger partial charge in [0.1, 0.15) is 0 Å². The fourth-order valence-electron chi connectivity index (χ4n) is 15.5. The highest BCUT2D eigenvalue weighted by Gasteiger charge is 2.73. The predicted octanol–water partition coefficient (Wildman–Crippen LogP) is -3.00. The van der Waals surface area contributed by atoms with Crippen LogP contribution in [0.25, 0.3) is 86.2 Å². The lowest BCUT2D eigenvalue weighted by atomic mass is 9.43. The molecule has 0 spiro atoms. The average molecular weight is 1050 g/mol. The molecule has 4 fully saturated rings. The molecule has 0 radical (unpaired) electrons. The van der Waals surface area contributed by atoms with E-state index in [0.717, 1.165) is 85.1 Å². The summed E-state index contributed by atoms with van der Waals surface area (Å²) in [6.45, 7) is 0. The van der Waals surface area contributed by atoms with Crippen LogP contribution in [0.3, 0.4) is 0 Å². The summed E-state index contributed by atoms with van der Waals surface area (Å²) in [7, 11) is 4.84. The third-order valence-corrected chi connectivity index (χ3v) is 18.2. The summed E-state index contributed by atoms with van der Waals surface area (Å²) in [4.78, 5) is 230. The first-order valence-electron chi connectivity index (χ1n) is 24.4. The van der Waals surface area contributed by atoms with E-state index in [1.165, 1.54) is 28.2 Å². The second-order valence-corrected chi connectivity index (χ2v) is 22.2. The Kier molecular flexibility index (Phi) is 7.75. The summed E-state index contributed by atoms with van der Waals surface area (Å²) in [6, 6.07) is 8.72. The predicted molar refractivity (Wildman–Crippen MR) is 283 cm³/mol. The summed E-state index contributed by atoms with van der Waals surface area (Å²) in [5.41, 5.74) is -23.4. The van der Waals surface area contributed by atoms with Crippen molar-refractivity contribution in [1.82, 2.24) is 36.5 Å². The zero-order chi connectivity index (χ0) is 55.0. The Bertz CT molecular complexity index is 4910. The van der Waals surface area contributed by atoms with E-state index in [1.807, 2.05) is 0 Å². The quantitative estimate of drug-likeness (QED) is 0.170. The first kappa shape index (κ1) is 45.4. The third-order valence-electron chi connectivity index (χ3n) is 18.2. The van der Waals surface area contributed by atoms with Gasteiger partial charge in [0.05, 0.1) is 108 Å². The van der Waals surface area contributed by atoms with Crippen LogP contribution in [0.4, 0.5) is 0 Å². The summed E-state index contributed by atoms with van der Waals surface area (Å²) in [5.74, 6) is 0. The molecule has 0 saturated heterocycles. The molecule has 0 amide bonds. The van der Waals surface area contributed by atoms with E-state index in [9.17, 15) is 38.4 Å². The normalized spacial score (nSPS) is 22.3. The number of hydrogen-bond donors (Lipinski definition) is 0. The number of rotatable bonds is 4. The topological polar surface area (TPSA) is 313 Å². The Hall–Kier alpha value is -10.0. The van der Waals surface area contributed by atoms with Gasteiger partial charge in [-0.3, -0.25) is 113 Å². The lowest BCUT2D eigenvalue weighted by Gasteiger charge is -2.69. The van der Waals surface area contributed by atoms with E-state index < -0.39 is 150 Å². The van der Waals surface area contributed by atoms with Crippen LogP contribution in [-0.2, 0) is 50.3 Å². The lowest BCUT2D eigenvalue weighted by Crippen LogP contribution is -2.77. The van der Waals surface area contributed by atoms with Gasteiger partial charge in [0, 0.05) is 28.2 Å². The van der Waals surface area contributed by atoms with Crippen molar-refractivity contribution in [2.24, 2.45) is 28.2 Å². The summed E-state index contributed by atoms with van der Waals surface area (Å²) in [6.07, 6.45) is -3.25. The highest BCUT2D eigenvalue weighted by atomic mass is 16.2. The number of nitrogens with zero attached hydrogens (tertiary/aromatic N) is 8. The maximum atomic E-state index is 15.4. The van der Waals surface area contributed by atoms with Gasteiger partial charge in [0.2, 0.25) is 0 Å². The fraction of sp³-hybridized carbons (Fsp3) is 0.259. The Labute approximate surface area is 424 Å². The van der Waals surface area contributed by atoms with Crippen molar-refractivity contribution in [3.8, 4) is 0 Å². The number of hydrogen-bond acceptors (Lipinski definition) is 16. The molecule has 4 aromatic carbocycles. The van der Waals surface area contributed by atoms with Gasteiger partial charge < -0.3 is 0 Å². The van der Waals surface area contributed by atoms with Crippen molar-refractivity contribution in [2.45, 2.75) is 60.7 Å². The van der Waals surface area contributed by atoms with Crippen LogP contribution in [-0.4, -0.2) is 36.5 Å². The Morgan fingerprint density at radius 3 is 0.423 bits per heavy atom. The van der Waals surface area contributed by atoms with E-state index in [2.05, 4.69) is 0 Å². The largest absolute Gasteiger partial charge is 0.277 e. The van der Waals surface area contributed by atoms with E-state index in [-0.39, 0.29) is 86.2 Å². The summed E-state index contributed by atoms with van der Waals surface area (Å²) in [5, 5.41) is -4.41. The lowest BCUT2D eigenvalue weighted by molar-refractivity contribution is -0.176. The number of benzene rings is 4. The number of aromatic nitrogens is 8. The average Bonchev–Trinajstić information content (AvgIpc) is 1.64. The van der Waals surface area contributed by atoms with E-state index in [0.29, 0.717) is 0 Å². The molecule has 16 rings (SSSR count). The van der Waals surface area contributed by atoms with Crippen molar-refractivity contribution < 1.29 is 0 Å². The fourth-order valence-corrected chi connectivity index (χ4v) is 15.5. The standard InChI is InChI=1S/C54H32N8O16/c1-55-35(63)19-5-27-28(6-20(19)36(55)64)44(72)59(43(27)71)51-13-52(60-45(73)29-7-21-22(8-30(29)46(60)74)38(66)56(2)37(21)65)16-53(14-51,61-47(75)31-9-23-24(10-32(31)48(61)76)40(68)57(3)39(23)67)18-54(15-51,17-52)62-49(77)33-11-25-26(12-34(33)50(62)78)42(70)58(4)41(25)69/h5-12H,13-18H2,1-4H3. The van der Waals surface area contributed by atoms with Crippen LogP contribution in [0.2, 0.25) is 0 Å². The van der Waals surface area contributed by atoms with Gasteiger partial charge in [-0.15, -0.1) is 0 Å². The van der Waals surface area contributed by atoms with E-state index in [1.54, 1.807) is 0 Å². The van der Waals surface area contributed by atoms with Gasteiger partial charge in [-0.2, -0.15) is 0 Å². The molecule has 4 aliphatic carbocycles. The second kappa shape index (κ2) is 13.3. The molecule has 12 aromatic rings. The first-order valence-corrected chi connectivity index (χ1v) is 24.4. The van der Waals surface area contributed by atoms with Crippen molar-refractivity contribution in [1.29, 1.82) is 0 Å². The third kappa shape index (κ3) is 4.76. The van der Waals surface area contributed by atoms with Gasteiger partial charge in [-0.05, 0) is 87.1 Å². The van der Waals surface area contributed by atoms with Gasteiger partial charge in [0.15, 0.2) is 0 Å². The molecule has 24 nitrogen and oxygen atoms in total. The van der Waals surface area contributed by atoms with Crippen LogP contribution in [0.5, 0.6) is 0 Å². The second-order valence-electron chi connectivity index (χ2n) is 22.2. The Balaban J connectivity index is 1.12. The molecule has 4 saturated carbocycles. The van der Waals surface area contributed by atoms with Crippen LogP contribution >= 0.6 is 0 Å². The molecule has 0 unspecified atom stereocenters. The SMILES string of the molecule is Cn1c(=O)c2cc3c(=O)n(C45CC6(n7c(=O)c8cc9c(=O)n(C)c(=O)c9cc8c7=O)CC(n7c(=O)c8cc9c(=O)n(C)c(=O)c9cc8c7=O)(C4)CC(n4c(=O)c7cc8c(=O)n(C)c(=O)c8cc7c4=O)(C5)C6)c(=O)c3cc2c1=O. The highest BCUT2D eigenvalue weighted by Crippen LogP contribution is 2.69. The maximum absolute atomic E-state index is 15.4. The van der Waals surface area contributed by atoms with Crippen molar-refractivity contribution in [3.63, 3.8) is 0 Å². The van der Waals surface area contributed by atoms with Crippen molar-refractivity contribution in [3.05, 3.63) is 214 Å². The van der Waals surface area contributed by atoms with Gasteiger partial charge in [-0.1, -0.05) is 0 Å². The molecule has 24 heteroatoms. The number of fused-ring (bicyclic) bond motifs is 8. The molecule has 8 aromatic heterocycles. The van der Waals surface area contributed by atoms with Crippen LogP contribution < -0.4 is 88.9 Å². The van der Waals surface area contributed by atoms with Crippen LogP contribution in [0.15, 0.2) is 125 Å². The molecule has 78 heavy (non-hydrogen) atoms. The monoisotopic (exact) mass is 1050 g/mol. The van der Waals surface area contributed by atoms with Gasteiger partial charge >= 0.3 is 0 Å². The maximum Gasteiger partial charge on any atom is 0.262 e. The minimum atomic E-state index is -2.15. The van der Waals surface area contributed by atoms with E-state index in [4.69, 9.17) is 0 Å². The molecule has 0 atom stereocenters. The summed E-state index contributed by atoms with van der Waals surface area (Å²) < 4.78 is 6.41. The minimum absolute atomic E-state index is 0.206. The molecule has 4 aliphatic rings. The highest BCUT2D eigenvalue weighted by molar-refractivity contribution is 6.01. The minimum Gasteiger partial charge on any atom is -0.277 e. The molecule has 8 heterocycles. The zero-order valence-corrected chi connectivity index (χ0v) is 41.0. The first-order chi connectivity index (χ1) is 36.8. The van der Waals surface area contributed by atoms with Crippen molar-refractivity contribution >= 4 is 86.2 Å². The van der Waals surface area contributed by atoms with Crippen LogP contribution in [0.1, 0.15) is 38.5 Å². The molecule has 0 aliphatic heterocycles. The molecule has 384 valence electrons. The van der Waals surface area contributed by atoms with Gasteiger partial charge in [-0.25, -0.2) is 0 Å². The Morgan fingerprint density at radius 1 is 0.205 bits per heavy atom. The van der Waals surface area contributed by atoms with Gasteiger partial charge in [0.25, 0.3) is 88.9 Å².